The van der Waals surface area contributed by atoms with Gasteiger partial charge in [-0.3, -0.25) is 14.5 Å². The van der Waals surface area contributed by atoms with Gasteiger partial charge in [0.25, 0.3) is 11.1 Å². The Morgan fingerprint density at radius 1 is 1.12 bits per heavy atom. The number of aryl methyl sites for hydroxylation is 3. The molecule has 3 aliphatic rings. The van der Waals surface area contributed by atoms with E-state index in [1.54, 1.807) is 31.7 Å². The van der Waals surface area contributed by atoms with Crippen LogP contribution >= 0.6 is 11.3 Å². The number of halogens is 1. The van der Waals surface area contributed by atoms with E-state index in [-0.39, 0.29) is 28.5 Å². The molecular formula is C38H40FN7O4S. The highest BCUT2D eigenvalue weighted by Gasteiger charge is 2.37. The Bertz CT molecular complexity index is 2260. The van der Waals surface area contributed by atoms with Gasteiger partial charge >= 0.3 is 0 Å². The largest absolute Gasteiger partial charge is 0.392 e. The lowest BCUT2D eigenvalue weighted by molar-refractivity contribution is -0.0818. The number of aliphatic hydroxyl groups is 1. The lowest BCUT2D eigenvalue weighted by atomic mass is 9.97. The summed E-state index contributed by atoms with van der Waals surface area (Å²) in [6, 6.07) is 8.83. The standard InChI is InChI=1S/C38H40FN7O4S/c1-4-25-18-44(27-20-50-21-27)22(2)16-45(25)26-9-10-35(40-14-26)42-32-11-23(17-43(3)37(32)48)29-12-24(39)13-33(31(29)19-47)46-38(49)36-30(15-41-46)28-7-5-6-8-34(28)51-36/h4,9-15,17,22,25,27,47H,1,5-8,16,18-21H2,2-3H3,(H,40,42). The molecule has 0 amide bonds. The number of thiophene rings is 1. The minimum Gasteiger partial charge on any atom is -0.392 e. The molecule has 4 aromatic heterocycles. The van der Waals surface area contributed by atoms with Crippen molar-refractivity contribution in [2.24, 2.45) is 7.05 Å². The molecular weight excluding hydrogens is 670 g/mol. The van der Waals surface area contributed by atoms with Gasteiger partial charge in [-0.05, 0) is 68.0 Å². The molecule has 51 heavy (non-hydrogen) atoms. The zero-order valence-electron chi connectivity index (χ0n) is 28.6. The summed E-state index contributed by atoms with van der Waals surface area (Å²) in [6.45, 7) is 9.03. The number of pyridine rings is 2. The molecule has 0 bridgehead atoms. The molecule has 11 nitrogen and oxygen atoms in total. The molecule has 2 saturated heterocycles. The number of hydrogen-bond acceptors (Lipinski definition) is 10. The Morgan fingerprint density at radius 2 is 1.94 bits per heavy atom. The topological polar surface area (TPSA) is 118 Å². The zero-order valence-corrected chi connectivity index (χ0v) is 29.5. The number of benzene rings is 1. The van der Waals surface area contributed by atoms with Gasteiger partial charge in [-0.15, -0.1) is 17.9 Å². The van der Waals surface area contributed by atoms with Gasteiger partial charge in [-0.25, -0.2) is 9.37 Å². The average Bonchev–Trinajstić information content (AvgIpc) is 3.50. The van der Waals surface area contributed by atoms with E-state index in [1.165, 1.54) is 43.2 Å². The number of nitrogens with zero attached hydrogens (tertiary/aromatic N) is 6. The molecule has 264 valence electrons. The van der Waals surface area contributed by atoms with E-state index in [0.717, 1.165) is 63.1 Å². The van der Waals surface area contributed by atoms with E-state index in [1.807, 2.05) is 18.2 Å². The summed E-state index contributed by atoms with van der Waals surface area (Å²) in [5.41, 5.74) is 2.98. The predicted octanol–water partition coefficient (Wildman–Crippen LogP) is 4.93. The van der Waals surface area contributed by atoms with Crippen LogP contribution in [0.2, 0.25) is 0 Å². The van der Waals surface area contributed by atoms with Crippen LogP contribution in [0.15, 0.2) is 71.2 Å². The summed E-state index contributed by atoms with van der Waals surface area (Å²) < 4.78 is 24.0. The summed E-state index contributed by atoms with van der Waals surface area (Å²) in [6.07, 6.45) is 11.0. The van der Waals surface area contributed by atoms with Gasteiger partial charge in [0.2, 0.25) is 0 Å². The van der Waals surface area contributed by atoms with Crippen LogP contribution in [0.4, 0.5) is 21.6 Å². The van der Waals surface area contributed by atoms with Crippen molar-refractivity contribution in [2.75, 3.05) is 36.5 Å². The number of aliphatic hydroxyl groups excluding tert-OH is 1. The van der Waals surface area contributed by atoms with E-state index in [4.69, 9.17) is 4.74 Å². The average molecular weight is 710 g/mol. The smallest absolute Gasteiger partial charge is 0.289 e. The Morgan fingerprint density at radius 3 is 2.67 bits per heavy atom. The molecule has 5 aromatic rings. The van der Waals surface area contributed by atoms with Crippen molar-refractivity contribution in [1.29, 1.82) is 0 Å². The van der Waals surface area contributed by atoms with Crippen LogP contribution in [-0.2, 0) is 31.2 Å². The lowest BCUT2D eigenvalue weighted by Crippen LogP contribution is -2.63. The third-order valence-corrected chi connectivity index (χ3v) is 11.8. The molecule has 13 heteroatoms. The maximum atomic E-state index is 15.4. The summed E-state index contributed by atoms with van der Waals surface area (Å²) in [5, 5.41) is 19.1. The third kappa shape index (κ3) is 5.97. The van der Waals surface area contributed by atoms with Crippen molar-refractivity contribution in [3.63, 3.8) is 0 Å². The predicted molar refractivity (Wildman–Crippen MR) is 198 cm³/mol. The quantitative estimate of drug-likeness (QED) is 0.217. The van der Waals surface area contributed by atoms with Crippen molar-refractivity contribution >= 4 is 38.6 Å². The Balaban J connectivity index is 1.10. The van der Waals surface area contributed by atoms with Gasteiger partial charge < -0.3 is 24.6 Å². The first-order chi connectivity index (χ1) is 24.7. The zero-order chi connectivity index (χ0) is 35.4. The minimum atomic E-state index is -0.605. The highest BCUT2D eigenvalue weighted by atomic mass is 32.1. The molecule has 1 aliphatic carbocycles. The number of hydrogen-bond donors (Lipinski definition) is 2. The maximum Gasteiger partial charge on any atom is 0.289 e. The molecule has 1 aromatic carbocycles. The summed E-state index contributed by atoms with van der Waals surface area (Å²) >= 11 is 1.48. The summed E-state index contributed by atoms with van der Waals surface area (Å²) in [4.78, 5) is 37.8. The van der Waals surface area contributed by atoms with E-state index in [2.05, 4.69) is 38.7 Å². The molecule has 8 rings (SSSR count). The Labute approximate surface area is 298 Å². The van der Waals surface area contributed by atoms with Crippen molar-refractivity contribution in [2.45, 2.75) is 57.3 Å². The van der Waals surface area contributed by atoms with Gasteiger partial charge in [-0.1, -0.05) is 6.08 Å². The summed E-state index contributed by atoms with van der Waals surface area (Å²) in [5.74, 6) is -0.141. The molecule has 0 spiro atoms. The monoisotopic (exact) mass is 709 g/mol. The van der Waals surface area contributed by atoms with Crippen LogP contribution in [0.1, 0.15) is 35.8 Å². The van der Waals surface area contributed by atoms with Crippen molar-refractivity contribution in [1.82, 2.24) is 24.2 Å². The van der Waals surface area contributed by atoms with E-state index in [9.17, 15) is 14.7 Å². The van der Waals surface area contributed by atoms with Crippen LogP contribution < -0.4 is 21.3 Å². The first-order valence-corrected chi connectivity index (χ1v) is 18.2. The van der Waals surface area contributed by atoms with Crippen LogP contribution in [0.3, 0.4) is 0 Å². The van der Waals surface area contributed by atoms with E-state index in [0.29, 0.717) is 39.3 Å². The lowest BCUT2D eigenvalue weighted by Gasteiger charge is -2.50. The molecule has 2 N–H and O–H groups in total. The number of fused-ring (bicyclic) bond motifs is 3. The van der Waals surface area contributed by atoms with E-state index >= 15 is 4.39 Å². The fourth-order valence-electron chi connectivity index (χ4n) is 7.71. The second-order valence-corrected chi connectivity index (χ2v) is 14.8. The SMILES string of the molecule is C=CC1CN(C2COC2)C(C)CN1c1ccc(Nc2cc(-c3cc(F)cc(-n4ncc5c6c(sc5c4=O)CCCC6)c3CO)cn(C)c2=O)nc1. The number of piperazine rings is 1. The van der Waals surface area contributed by atoms with Crippen LogP contribution in [-0.4, -0.2) is 73.8 Å². The molecule has 2 fully saturated rings. The molecule has 2 unspecified atom stereocenters. The molecule has 0 saturated carbocycles. The van der Waals surface area contributed by atoms with Crippen molar-refractivity contribution < 1.29 is 14.2 Å². The molecule has 2 atom stereocenters. The van der Waals surface area contributed by atoms with Gasteiger partial charge in [0.1, 0.15) is 22.0 Å². The second-order valence-electron chi connectivity index (χ2n) is 13.7. The number of rotatable bonds is 8. The molecule has 0 radical (unpaired) electrons. The van der Waals surface area contributed by atoms with Crippen LogP contribution in [0.5, 0.6) is 0 Å². The second kappa shape index (κ2) is 13.5. The first-order valence-electron chi connectivity index (χ1n) is 17.4. The maximum absolute atomic E-state index is 15.4. The van der Waals surface area contributed by atoms with Crippen LogP contribution in [0.25, 0.3) is 26.9 Å². The van der Waals surface area contributed by atoms with Crippen molar-refractivity contribution in [3.8, 4) is 16.8 Å². The molecule has 6 heterocycles. The first kappa shape index (κ1) is 33.5. The summed E-state index contributed by atoms with van der Waals surface area (Å²) in [7, 11) is 1.61. The number of nitrogens with one attached hydrogen (secondary N) is 1. The Kier molecular flexibility index (Phi) is 8.83. The minimum absolute atomic E-state index is 0.117. The van der Waals surface area contributed by atoms with Crippen molar-refractivity contribution in [3.05, 3.63) is 104 Å². The normalized spacial score (nSPS) is 19.6. The van der Waals surface area contributed by atoms with Gasteiger partial charge in [-0.2, -0.15) is 9.78 Å². The fraction of sp³-hybridized carbons (Fsp3) is 0.368. The highest BCUT2D eigenvalue weighted by molar-refractivity contribution is 7.19. The molecule has 2 aliphatic heterocycles. The van der Waals surface area contributed by atoms with Crippen LogP contribution in [0, 0.1) is 5.82 Å². The van der Waals surface area contributed by atoms with E-state index < -0.39 is 12.4 Å². The fourth-order valence-corrected chi connectivity index (χ4v) is 9.00. The Hall–Kier alpha value is -4.69. The number of anilines is 3. The number of ether oxygens (including phenoxy) is 1. The third-order valence-electron chi connectivity index (χ3n) is 10.5. The highest BCUT2D eigenvalue weighted by Crippen LogP contribution is 2.36. The number of aromatic nitrogens is 4. The van der Waals surface area contributed by atoms with Gasteiger partial charge in [0.05, 0.1) is 55.7 Å². The van der Waals surface area contributed by atoms with Gasteiger partial charge in [0, 0.05) is 59.8 Å². The van der Waals surface area contributed by atoms with Gasteiger partial charge in [0.15, 0.2) is 0 Å².